The number of anilines is 2. The minimum Gasteiger partial charge on any atom is -0.497 e. The number of nitrogens with one attached hydrogen (secondary N) is 2. The van der Waals surface area contributed by atoms with Crippen LogP contribution in [0.2, 0.25) is 0 Å². The number of sulfonamides is 1. The summed E-state index contributed by atoms with van der Waals surface area (Å²) in [6.45, 7) is 2.40. The van der Waals surface area contributed by atoms with E-state index in [-0.39, 0.29) is 10.7 Å². The lowest BCUT2D eigenvalue weighted by atomic mass is 10.1. The summed E-state index contributed by atoms with van der Waals surface area (Å²) in [5.74, 6) is 1.35. The van der Waals surface area contributed by atoms with Crippen molar-refractivity contribution >= 4 is 32.7 Å². The van der Waals surface area contributed by atoms with Gasteiger partial charge >= 0.3 is 0 Å². The lowest BCUT2D eigenvalue weighted by Crippen LogP contribution is -2.17. The van der Waals surface area contributed by atoms with Gasteiger partial charge in [-0.1, -0.05) is 36.4 Å². The molecule has 0 unspecified atom stereocenters. The molecule has 2 N–H and O–H groups in total. The Morgan fingerprint density at radius 1 is 0.875 bits per heavy atom. The zero-order valence-electron chi connectivity index (χ0n) is 17.9. The van der Waals surface area contributed by atoms with Gasteiger partial charge in [0, 0.05) is 6.54 Å². The number of hydrogen-bond donors (Lipinski definition) is 2. The van der Waals surface area contributed by atoms with Crippen molar-refractivity contribution in [3.8, 4) is 5.75 Å². The fraction of sp³-hybridized carbons (Fsp3) is 0.167. The highest BCUT2D eigenvalue weighted by Crippen LogP contribution is 2.24. The monoisotopic (exact) mass is 448 g/mol. The molecule has 0 aliphatic carbocycles. The summed E-state index contributed by atoms with van der Waals surface area (Å²) in [7, 11) is -2.19. The molecule has 0 aliphatic rings. The first-order chi connectivity index (χ1) is 15.4. The van der Waals surface area contributed by atoms with E-state index in [1.165, 1.54) is 0 Å². The molecule has 0 saturated heterocycles. The Balaban J connectivity index is 1.59. The van der Waals surface area contributed by atoms with E-state index in [1.54, 1.807) is 31.4 Å². The first kappa shape index (κ1) is 21.6. The van der Waals surface area contributed by atoms with Crippen molar-refractivity contribution in [3.05, 3.63) is 83.9 Å². The van der Waals surface area contributed by atoms with Crippen molar-refractivity contribution in [1.82, 2.24) is 9.97 Å². The number of methoxy groups -OCH3 is 1. The molecule has 164 valence electrons. The van der Waals surface area contributed by atoms with E-state index in [0.29, 0.717) is 23.4 Å². The number of aryl methyl sites for hydroxylation is 1. The normalized spacial score (nSPS) is 11.3. The molecular weight excluding hydrogens is 424 g/mol. The number of hydrogen-bond acceptors (Lipinski definition) is 6. The minimum absolute atomic E-state index is 0.167. The second kappa shape index (κ2) is 9.23. The molecule has 0 saturated carbocycles. The third-order valence-electron chi connectivity index (χ3n) is 4.97. The summed E-state index contributed by atoms with van der Waals surface area (Å²) in [5, 5.41) is 3.24. The average molecular weight is 449 g/mol. The van der Waals surface area contributed by atoms with Crippen LogP contribution in [0, 0.1) is 6.92 Å². The lowest BCUT2D eigenvalue weighted by molar-refractivity contribution is 0.414. The second-order valence-electron chi connectivity index (χ2n) is 7.36. The van der Waals surface area contributed by atoms with E-state index < -0.39 is 10.0 Å². The quantitative estimate of drug-likeness (QED) is 0.415. The Hall–Kier alpha value is -3.65. The van der Waals surface area contributed by atoms with Crippen LogP contribution < -0.4 is 14.8 Å². The van der Waals surface area contributed by atoms with Gasteiger partial charge in [-0.2, -0.15) is 0 Å². The number of fused-ring (bicyclic) bond motifs is 1. The maximum Gasteiger partial charge on any atom is 0.263 e. The van der Waals surface area contributed by atoms with Gasteiger partial charge in [0.2, 0.25) is 0 Å². The zero-order chi connectivity index (χ0) is 22.6. The highest BCUT2D eigenvalue weighted by Gasteiger charge is 2.19. The van der Waals surface area contributed by atoms with Crippen molar-refractivity contribution in [2.45, 2.75) is 18.2 Å². The molecule has 4 aromatic rings. The van der Waals surface area contributed by atoms with Crippen molar-refractivity contribution in [3.63, 3.8) is 0 Å². The summed E-state index contributed by atoms with van der Waals surface area (Å²) in [4.78, 5) is 9.31. The van der Waals surface area contributed by atoms with Crippen LogP contribution in [0.4, 0.5) is 11.6 Å². The third kappa shape index (κ3) is 4.97. The smallest absolute Gasteiger partial charge is 0.263 e. The van der Waals surface area contributed by atoms with Gasteiger partial charge in [-0.05, 0) is 60.9 Å². The van der Waals surface area contributed by atoms with E-state index >= 15 is 0 Å². The van der Waals surface area contributed by atoms with Gasteiger partial charge in [0.05, 0.1) is 23.0 Å². The number of nitrogens with zero attached hydrogens (tertiary/aromatic N) is 2. The molecule has 0 radical (unpaired) electrons. The number of aromatic nitrogens is 2. The Bertz CT molecular complexity index is 1340. The summed E-state index contributed by atoms with van der Waals surface area (Å²) in [6.07, 6.45) is 0.725. The van der Waals surface area contributed by atoms with Crippen LogP contribution in [-0.2, 0) is 16.4 Å². The highest BCUT2D eigenvalue weighted by molar-refractivity contribution is 7.92. The fourth-order valence-corrected chi connectivity index (χ4v) is 4.39. The molecule has 32 heavy (non-hydrogen) atoms. The Morgan fingerprint density at radius 2 is 1.56 bits per heavy atom. The maximum absolute atomic E-state index is 13.0. The molecule has 1 aromatic heterocycles. The van der Waals surface area contributed by atoms with Crippen molar-refractivity contribution in [2.24, 2.45) is 0 Å². The molecule has 8 heteroatoms. The van der Waals surface area contributed by atoms with Gasteiger partial charge in [0.1, 0.15) is 5.75 Å². The molecule has 0 bridgehead atoms. The van der Waals surface area contributed by atoms with Gasteiger partial charge in [-0.15, -0.1) is 0 Å². The average Bonchev–Trinajstić information content (AvgIpc) is 2.79. The second-order valence-corrected chi connectivity index (χ2v) is 9.04. The Morgan fingerprint density at radius 3 is 2.22 bits per heavy atom. The lowest BCUT2D eigenvalue weighted by Gasteiger charge is -2.14. The molecule has 0 spiro atoms. The van der Waals surface area contributed by atoms with Crippen LogP contribution in [-0.4, -0.2) is 32.0 Å². The molecule has 3 aromatic carbocycles. The van der Waals surface area contributed by atoms with Crippen molar-refractivity contribution < 1.29 is 13.2 Å². The molecule has 7 nitrogen and oxygen atoms in total. The largest absolute Gasteiger partial charge is 0.497 e. The predicted octanol–water partition coefficient (Wildman–Crippen LogP) is 4.40. The minimum atomic E-state index is -3.82. The Kier molecular flexibility index (Phi) is 6.23. The summed E-state index contributed by atoms with van der Waals surface area (Å²) < 4.78 is 33.8. The van der Waals surface area contributed by atoms with E-state index in [1.807, 2.05) is 55.5 Å². The van der Waals surface area contributed by atoms with Crippen LogP contribution >= 0.6 is 0 Å². The molecule has 1 heterocycles. The van der Waals surface area contributed by atoms with Gasteiger partial charge in [0.25, 0.3) is 10.0 Å². The van der Waals surface area contributed by atoms with Crippen molar-refractivity contribution in [2.75, 3.05) is 23.7 Å². The third-order valence-corrected chi connectivity index (χ3v) is 6.30. The van der Waals surface area contributed by atoms with E-state index in [9.17, 15) is 8.42 Å². The van der Waals surface area contributed by atoms with E-state index in [0.717, 1.165) is 23.3 Å². The standard InChI is InChI=1S/C24H24N4O3S/c1-17-6-5-7-20(16-17)32(29,30)28-24-23(26-21-8-3-4-9-22(21)27-24)25-15-14-18-10-12-19(31-2)13-11-18/h3-13,16H,14-15H2,1-2H3,(H,25,26)(H,27,28). The molecule has 0 aliphatic heterocycles. The number of benzene rings is 3. The molecule has 0 atom stereocenters. The summed E-state index contributed by atoms with van der Waals surface area (Å²) >= 11 is 0. The number of rotatable bonds is 8. The van der Waals surface area contributed by atoms with Crippen LogP contribution in [0.5, 0.6) is 5.75 Å². The predicted molar refractivity (Wildman–Crippen MR) is 127 cm³/mol. The molecular formula is C24H24N4O3S. The summed E-state index contributed by atoms with van der Waals surface area (Å²) in [6, 6.07) is 21.9. The number of para-hydroxylation sites is 2. The van der Waals surface area contributed by atoms with Crippen LogP contribution in [0.1, 0.15) is 11.1 Å². The maximum atomic E-state index is 13.0. The van der Waals surface area contributed by atoms with Crippen LogP contribution in [0.25, 0.3) is 11.0 Å². The first-order valence-corrected chi connectivity index (χ1v) is 11.7. The molecule has 0 fully saturated rings. The Labute approximate surface area is 187 Å². The highest BCUT2D eigenvalue weighted by atomic mass is 32.2. The van der Waals surface area contributed by atoms with Gasteiger partial charge in [-0.3, -0.25) is 4.72 Å². The fourth-order valence-electron chi connectivity index (χ4n) is 3.28. The van der Waals surface area contributed by atoms with Crippen molar-refractivity contribution in [1.29, 1.82) is 0 Å². The zero-order valence-corrected chi connectivity index (χ0v) is 18.7. The number of ether oxygens (including phenoxy) is 1. The summed E-state index contributed by atoms with van der Waals surface area (Å²) in [5.41, 5.74) is 3.26. The van der Waals surface area contributed by atoms with E-state index in [2.05, 4.69) is 20.0 Å². The topological polar surface area (TPSA) is 93.2 Å². The van der Waals surface area contributed by atoms with Gasteiger partial charge < -0.3 is 10.1 Å². The van der Waals surface area contributed by atoms with Gasteiger partial charge in [-0.25, -0.2) is 18.4 Å². The van der Waals surface area contributed by atoms with Crippen LogP contribution in [0.15, 0.2) is 77.7 Å². The SMILES string of the molecule is COc1ccc(CCNc2nc3ccccc3nc2NS(=O)(=O)c2cccc(C)c2)cc1. The molecule has 4 rings (SSSR count). The first-order valence-electron chi connectivity index (χ1n) is 10.2. The van der Waals surface area contributed by atoms with Gasteiger partial charge in [0.15, 0.2) is 11.6 Å². The molecule has 0 amide bonds. The van der Waals surface area contributed by atoms with E-state index in [4.69, 9.17) is 4.74 Å². The van der Waals surface area contributed by atoms with Crippen LogP contribution in [0.3, 0.4) is 0 Å².